The van der Waals surface area contributed by atoms with E-state index in [0.29, 0.717) is 12.8 Å². The Balaban J connectivity index is 2.30. The molecular formula is C14H17NO3. The Kier molecular flexibility index (Phi) is 4.10. The first-order valence-corrected chi connectivity index (χ1v) is 6.24. The van der Waals surface area contributed by atoms with E-state index in [4.69, 9.17) is 0 Å². The van der Waals surface area contributed by atoms with Gasteiger partial charge >= 0.3 is 0 Å². The predicted octanol–water partition coefficient (Wildman–Crippen LogP) is 1.65. The third-order valence-corrected chi connectivity index (χ3v) is 3.24. The number of rotatable bonds is 3. The third-order valence-electron chi connectivity index (χ3n) is 3.24. The van der Waals surface area contributed by atoms with Gasteiger partial charge in [0.05, 0.1) is 12.6 Å². The molecule has 1 aromatic rings. The van der Waals surface area contributed by atoms with Gasteiger partial charge in [-0.2, -0.15) is 0 Å². The highest BCUT2D eigenvalue weighted by atomic mass is 16.3. The van der Waals surface area contributed by atoms with Crippen LogP contribution in [0, 0.1) is 0 Å². The minimum absolute atomic E-state index is 0.180. The van der Waals surface area contributed by atoms with Gasteiger partial charge in [-0.25, -0.2) is 0 Å². The Labute approximate surface area is 106 Å². The first-order chi connectivity index (χ1) is 8.74. The highest BCUT2D eigenvalue weighted by Gasteiger charge is 2.31. The molecule has 0 radical (unpaired) electrons. The Hall–Kier alpha value is -1.68. The number of nitrogens with zero attached hydrogens (tertiary/aromatic N) is 1. The van der Waals surface area contributed by atoms with Crippen molar-refractivity contribution in [2.24, 2.45) is 0 Å². The number of aliphatic hydroxyl groups is 1. The zero-order valence-corrected chi connectivity index (χ0v) is 10.2. The van der Waals surface area contributed by atoms with Gasteiger partial charge in [0.2, 0.25) is 11.8 Å². The lowest BCUT2D eigenvalue weighted by molar-refractivity contribution is -0.147. The van der Waals surface area contributed by atoms with E-state index in [1.807, 2.05) is 30.3 Å². The van der Waals surface area contributed by atoms with Gasteiger partial charge in [-0.3, -0.25) is 14.5 Å². The first kappa shape index (κ1) is 12.8. The molecule has 18 heavy (non-hydrogen) atoms. The molecule has 0 saturated carbocycles. The summed E-state index contributed by atoms with van der Waals surface area (Å²) in [6, 6.07) is 8.64. The van der Waals surface area contributed by atoms with Crippen LogP contribution in [-0.2, 0) is 9.59 Å². The number of likely N-dealkylation sites (tertiary alicyclic amines) is 1. The molecule has 1 aliphatic rings. The minimum atomic E-state index is -0.552. The van der Waals surface area contributed by atoms with Crippen LogP contribution in [0.2, 0.25) is 0 Å². The zero-order valence-electron chi connectivity index (χ0n) is 10.2. The molecule has 4 heteroatoms. The van der Waals surface area contributed by atoms with E-state index < -0.39 is 6.04 Å². The Morgan fingerprint density at radius 3 is 2.11 bits per heavy atom. The quantitative estimate of drug-likeness (QED) is 0.826. The minimum Gasteiger partial charge on any atom is -0.394 e. The number of hydrogen-bond donors (Lipinski definition) is 1. The normalized spacial score (nSPS) is 18.6. The molecule has 0 unspecified atom stereocenters. The third kappa shape index (κ3) is 2.59. The van der Waals surface area contributed by atoms with Crippen LogP contribution in [0.1, 0.15) is 37.3 Å². The molecule has 1 heterocycles. The van der Waals surface area contributed by atoms with E-state index in [2.05, 4.69) is 0 Å². The number of carbonyl (C=O) groups is 2. The van der Waals surface area contributed by atoms with Crippen molar-refractivity contribution in [1.82, 2.24) is 4.90 Å². The summed E-state index contributed by atoms with van der Waals surface area (Å²) >= 11 is 0. The van der Waals surface area contributed by atoms with Crippen LogP contribution >= 0.6 is 0 Å². The summed E-state index contributed by atoms with van der Waals surface area (Å²) in [6.45, 7) is -0.235. The summed E-state index contributed by atoms with van der Waals surface area (Å²) in [5.74, 6) is -0.360. The number of aliphatic hydroxyl groups excluding tert-OH is 1. The van der Waals surface area contributed by atoms with Crippen LogP contribution in [0.25, 0.3) is 0 Å². The summed E-state index contributed by atoms with van der Waals surface area (Å²) < 4.78 is 0. The average molecular weight is 247 g/mol. The molecule has 2 rings (SSSR count). The molecule has 0 bridgehead atoms. The fourth-order valence-electron chi connectivity index (χ4n) is 2.29. The van der Waals surface area contributed by atoms with E-state index >= 15 is 0 Å². The van der Waals surface area contributed by atoms with Crippen molar-refractivity contribution in [3.8, 4) is 0 Å². The summed E-state index contributed by atoms with van der Waals surface area (Å²) in [5, 5.41) is 9.51. The molecule has 1 atom stereocenters. The average Bonchev–Trinajstić information content (AvgIpc) is 2.56. The van der Waals surface area contributed by atoms with Crippen LogP contribution in [-0.4, -0.2) is 28.4 Å². The maximum atomic E-state index is 12.0. The van der Waals surface area contributed by atoms with Crippen LogP contribution in [0.4, 0.5) is 0 Å². The maximum absolute atomic E-state index is 12.0. The smallest absolute Gasteiger partial charge is 0.229 e. The van der Waals surface area contributed by atoms with Gasteiger partial charge in [0, 0.05) is 12.8 Å². The molecule has 1 saturated heterocycles. The van der Waals surface area contributed by atoms with Gasteiger partial charge in [-0.05, 0) is 18.4 Å². The fourth-order valence-corrected chi connectivity index (χ4v) is 2.29. The molecule has 0 aromatic heterocycles. The summed E-state index contributed by atoms with van der Waals surface area (Å²) in [4.78, 5) is 25.2. The van der Waals surface area contributed by atoms with Crippen molar-refractivity contribution in [2.45, 2.75) is 31.7 Å². The van der Waals surface area contributed by atoms with Crippen molar-refractivity contribution in [3.05, 3.63) is 35.9 Å². The van der Waals surface area contributed by atoms with Crippen molar-refractivity contribution >= 4 is 11.8 Å². The standard InChI is InChI=1S/C14H17NO3/c16-10-12(11-6-2-1-3-7-11)15-13(17)8-4-5-9-14(15)18/h1-3,6-7,12,16H,4-5,8-10H2/t12-/m0/s1. The summed E-state index contributed by atoms with van der Waals surface area (Å²) in [5.41, 5.74) is 0.795. The van der Waals surface area contributed by atoms with E-state index in [9.17, 15) is 14.7 Å². The molecule has 96 valence electrons. The van der Waals surface area contributed by atoms with E-state index in [0.717, 1.165) is 18.4 Å². The monoisotopic (exact) mass is 247 g/mol. The number of carbonyl (C=O) groups excluding carboxylic acids is 2. The van der Waals surface area contributed by atoms with Gasteiger partial charge < -0.3 is 5.11 Å². The van der Waals surface area contributed by atoms with Gasteiger partial charge in [0.1, 0.15) is 0 Å². The van der Waals surface area contributed by atoms with E-state index in [1.165, 1.54) is 4.90 Å². The van der Waals surface area contributed by atoms with Crippen LogP contribution < -0.4 is 0 Å². The molecule has 1 aromatic carbocycles. The lowest BCUT2D eigenvalue weighted by Gasteiger charge is -2.28. The highest BCUT2D eigenvalue weighted by molar-refractivity contribution is 5.96. The fraction of sp³-hybridized carbons (Fsp3) is 0.429. The lowest BCUT2D eigenvalue weighted by Crippen LogP contribution is -2.40. The van der Waals surface area contributed by atoms with Gasteiger partial charge in [-0.15, -0.1) is 0 Å². The van der Waals surface area contributed by atoms with Gasteiger partial charge in [0.25, 0.3) is 0 Å². The second-order valence-corrected chi connectivity index (χ2v) is 4.47. The van der Waals surface area contributed by atoms with Crippen molar-refractivity contribution in [3.63, 3.8) is 0 Å². The lowest BCUT2D eigenvalue weighted by atomic mass is 10.1. The van der Waals surface area contributed by atoms with Gasteiger partial charge in [0.15, 0.2) is 0 Å². The number of amides is 2. The van der Waals surface area contributed by atoms with E-state index in [1.54, 1.807) is 0 Å². The first-order valence-electron chi connectivity index (χ1n) is 6.24. The zero-order chi connectivity index (χ0) is 13.0. The molecule has 0 aliphatic carbocycles. The summed E-state index contributed by atoms with van der Waals surface area (Å²) in [6.07, 6.45) is 2.26. The Morgan fingerprint density at radius 1 is 1.06 bits per heavy atom. The molecular weight excluding hydrogens is 230 g/mol. The molecule has 1 N–H and O–H groups in total. The van der Waals surface area contributed by atoms with Crippen molar-refractivity contribution in [2.75, 3.05) is 6.61 Å². The number of imide groups is 1. The SMILES string of the molecule is O=C1CCCCC(=O)N1[C@@H](CO)c1ccccc1. The molecule has 1 aliphatic heterocycles. The van der Waals surface area contributed by atoms with Crippen LogP contribution in [0.15, 0.2) is 30.3 Å². The predicted molar refractivity (Wildman–Crippen MR) is 66.6 cm³/mol. The number of benzene rings is 1. The second-order valence-electron chi connectivity index (χ2n) is 4.47. The molecule has 2 amide bonds. The highest BCUT2D eigenvalue weighted by Crippen LogP contribution is 2.25. The topological polar surface area (TPSA) is 57.6 Å². The Bertz CT molecular complexity index is 412. The Morgan fingerprint density at radius 2 is 1.61 bits per heavy atom. The van der Waals surface area contributed by atoms with Crippen molar-refractivity contribution in [1.29, 1.82) is 0 Å². The molecule has 1 fully saturated rings. The second kappa shape index (κ2) is 5.78. The molecule has 0 spiro atoms. The maximum Gasteiger partial charge on any atom is 0.229 e. The van der Waals surface area contributed by atoms with Gasteiger partial charge in [-0.1, -0.05) is 30.3 Å². The van der Waals surface area contributed by atoms with Crippen molar-refractivity contribution < 1.29 is 14.7 Å². The van der Waals surface area contributed by atoms with E-state index in [-0.39, 0.29) is 18.4 Å². The molecule has 4 nitrogen and oxygen atoms in total. The van der Waals surface area contributed by atoms with Crippen LogP contribution in [0.3, 0.4) is 0 Å². The summed E-state index contributed by atoms with van der Waals surface area (Å²) in [7, 11) is 0. The number of hydrogen-bond acceptors (Lipinski definition) is 3. The van der Waals surface area contributed by atoms with Crippen LogP contribution in [0.5, 0.6) is 0 Å². The largest absolute Gasteiger partial charge is 0.394 e.